The topological polar surface area (TPSA) is 29.1 Å². The smallest absolute Gasteiger partial charge is 0.251 e. The second-order valence-corrected chi connectivity index (χ2v) is 6.43. The molecule has 2 aromatic rings. The van der Waals surface area contributed by atoms with E-state index in [0.717, 1.165) is 5.56 Å². The predicted octanol–water partition coefficient (Wildman–Crippen LogP) is 4.48. The van der Waals surface area contributed by atoms with Crippen molar-refractivity contribution < 1.29 is 4.79 Å². The molecule has 2 aromatic carbocycles. The summed E-state index contributed by atoms with van der Waals surface area (Å²) < 4.78 is 0. The molecule has 0 spiro atoms. The average Bonchev–Trinajstić information content (AvgIpc) is 2.47. The number of carbonyl (C=O) groups is 1. The van der Waals surface area contributed by atoms with Crippen LogP contribution in [0, 0.1) is 0 Å². The van der Waals surface area contributed by atoms with Crippen LogP contribution in [0.4, 0.5) is 0 Å². The summed E-state index contributed by atoms with van der Waals surface area (Å²) in [4.78, 5) is 12.1. The van der Waals surface area contributed by atoms with E-state index in [0.29, 0.717) is 5.56 Å². The number of rotatable bonds is 3. The minimum Gasteiger partial charge on any atom is -0.346 e. The van der Waals surface area contributed by atoms with E-state index in [4.69, 9.17) is 0 Å². The lowest BCUT2D eigenvalue weighted by atomic mass is 9.86. The van der Waals surface area contributed by atoms with Crippen molar-refractivity contribution in [2.45, 2.75) is 39.2 Å². The molecule has 110 valence electrons. The normalized spacial score (nSPS) is 12.8. The minimum atomic E-state index is -0.0389. The quantitative estimate of drug-likeness (QED) is 0.883. The van der Waals surface area contributed by atoms with Gasteiger partial charge in [-0.1, -0.05) is 63.2 Å². The van der Waals surface area contributed by atoms with Crippen molar-refractivity contribution >= 4 is 5.91 Å². The second kappa shape index (κ2) is 6.13. The van der Waals surface area contributed by atoms with E-state index in [1.54, 1.807) is 0 Å². The molecule has 2 rings (SSSR count). The molecule has 0 fully saturated rings. The van der Waals surface area contributed by atoms with Crippen LogP contribution in [0.2, 0.25) is 0 Å². The molecule has 0 unspecified atom stereocenters. The molecule has 1 amide bonds. The van der Waals surface area contributed by atoms with Gasteiger partial charge in [0.25, 0.3) is 5.91 Å². The van der Waals surface area contributed by atoms with Gasteiger partial charge in [0.15, 0.2) is 0 Å². The van der Waals surface area contributed by atoms with Crippen LogP contribution in [-0.2, 0) is 5.41 Å². The summed E-state index contributed by atoms with van der Waals surface area (Å²) in [6.45, 7) is 8.60. The van der Waals surface area contributed by atoms with E-state index < -0.39 is 0 Å². The number of nitrogens with one attached hydrogen (secondary N) is 1. The Hall–Kier alpha value is -2.09. The van der Waals surface area contributed by atoms with Gasteiger partial charge < -0.3 is 5.32 Å². The minimum absolute atomic E-state index is 0.00766. The molecule has 0 aliphatic heterocycles. The van der Waals surface area contributed by atoms with Crippen molar-refractivity contribution in [2.24, 2.45) is 0 Å². The Kier molecular flexibility index (Phi) is 4.46. The standard InChI is InChI=1S/C19H23NO/c1-14(20-18(21)16-8-6-5-7-9-16)15-10-12-17(13-11-15)19(2,3)4/h5-14H,1-4H3,(H,20,21)/t14-/m0/s1. The average molecular weight is 281 g/mol. The van der Waals surface area contributed by atoms with E-state index in [-0.39, 0.29) is 17.4 Å². The fraction of sp³-hybridized carbons (Fsp3) is 0.316. The first kappa shape index (κ1) is 15.3. The van der Waals surface area contributed by atoms with Gasteiger partial charge in [0, 0.05) is 5.56 Å². The van der Waals surface area contributed by atoms with Crippen molar-refractivity contribution in [1.82, 2.24) is 5.32 Å². The van der Waals surface area contributed by atoms with E-state index in [1.165, 1.54) is 5.56 Å². The maximum atomic E-state index is 12.1. The molecule has 1 atom stereocenters. The molecule has 0 aromatic heterocycles. The fourth-order valence-electron chi connectivity index (χ4n) is 2.22. The van der Waals surface area contributed by atoms with Gasteiger partial charge in [-0.05, 0) is 35.6 Å². The van der Waals surface area contributed by atoms with Crippen molar-refractivity contribution in [3.63, 3.8) is 0 Å². The first-order valence-electron chi connectivity index (χ1n) is 7.34. The molecule has 0 aliphatic rings. The van der Waals surface area contributed by atoms with Crippen LogP contribution in [0.25, 0.3) is 0 Å². The number of amides is 1. The fourth-order valence-corrected chi connectivity index (χ4v) is 2.22. The van der Waals surface area contributed by atoms with Crippen molar-refractivity contribution in [3.8, 4) is 0 Å². The molecule has 2 nitrogen and oxygen atoms in total. The summed E-state index contributed by atoms with van der Waals surface area (Å²) in [6, 6.07) is 17.8. The third-order valence-electron chi connectivity index (χ3n) is 3.66. The molecular formula is C19H23NO. The van der Waals surface area contributed by atoms with Crippen LogP contribution in [0.1, 0.15) is 55.2 Å². The van der Waals surface area contributed by atoms with Crippen LogP contribution in [-0.4, -0.2) is 5.91 Å². The van der Waals surface area contributed by atoms with E-state index in [9.17, 15) is 4.79 Å². The highest BCUT2D eigenvalue weighted by Crippen LogP contribution is 2.24. The lowest BCUT2D eigenvalue weighted by Crippen LogP contribution is -2.26. The van der Waals surface area contributed by atoms with Crippen molar-refractivity contribution in [3.05, 3.63) is 71.3 Å². The van der Waals surface area contributed by atoms with Gasteiger partial charge in [0.05, 0.1) is 6.04 Å². The van der Waals surface area contributed by atoms with Gasteiger partial charge in [-0.15, -0.1) is 0 Å². The molecule has 0 heterocycles. The van der Waals surface area contributed by atoms with Crippen molar-refractivity contribution in [1.29, 1.82) is 0 Å². The van der Waals surface area contributed by atoms with Gasteiger partial charge >= 0.3 is 0 Å². The second-order valence-electron chi connectivity index (χ2n) is 6.43. The Labute approximate surface area is 127 Å². The third kappa shape index (κ3) is 3.94. The predicted molar refractivity (Wildman–Crippen MR) is 87.5 cm³/mol. The first-order chi connectivity index (χ1) is 9.88. The maximum Gasteiger partial charge on any atom is 0.251 e. The van der Waals surface area contributed by atoms with Gasteiger partial charge in [-0.2, -0.15) is 0 Å². The zero-order valence-corrected chi connectivity index (χ0v) is 13.2. The number of carbonyl (C=O) groups excluding carboxylic acids is 1. The zero-order valence-electron chi connectivity index (χ0n) is 13.2. The number of hydrogen-bond acceptors (Lipinski definition) is 1. The number of benzene rings is 2. The van der Waals surface area contributed by atoms with E-state index in [1.807, 2.05) is 37.3 Å². The lowest BCUT2D eigenvalue weighted by Gasteiger charge is -2.20. The maximum absolute atomic E-state index is 12.1. The Morgan fingerprint density at radius 1 is 0.952 bits per heavy atom. The summed E-state index contributed by atoms with van der Waals surface area (Å²) in [6.07, 6.45) is 0. The van der Waals surface area contributed by atoms with Crippen molar-refractivity contribution in [2.75, 3.05) is 0 Å². The summed E-state index contributed by atoms with van der Waals surface area (Å²) in [5.74, 6) is -0.0389. The summed E-state index contributed by atoms with van der Waals surface area (Å²) in [5.41, 5.74) is 3.26. The number of hydrogen-bond donors (Lipinski definition) is 1. The Morgan fingerprint density at radius 3 is 2.05 bits per heavy atom. The highest BCUT2D eigenvalue weighted by molar-refractivity contribution is 5.94. The highest BCUT2D eigenvalue weighted by Gasteiger charge is 2.15. The monoisotopic (exact) mass is 281 g/mol. The molecule has 1 N–H and O–H groups in total. The largest absolute Gasteiger partial charge is 0.346 e. The molecule has 0 radical (unpaired) electrons. The van der Waals surface area contributed by atoms with Crippen LogP contribution in [0.15, 0.2) is 54.6 Å². The van der Waals surface area contributed by atoms with Crippen LogP contribution >= 0.6 is 0 Å². The summed E-state index contributed by atoms with van der Waals surface area (Å²) in [7, 11) is 0. The molecular weight excluding hydrogens is 258 g/mol. The summed E-state index contributed by atoms with van der Waals surface area (Å²) >= 11 is 0. The Bertz CT molecular complexity index is 594. The molecule has 0 saturated carbocycles. The van der Waals surface area contributed by atoms with Crippen LogP contribution in [0.5, 0.6) is 0 Å². The summed E-state index contributed by atoms with van der Waals surface area (Å²) in [5, 5.41) is 3.03. The molecule has 0 aliphatic carbocycles. The molecule has 2 heteroatoms. The first-order valence-corrected chi connectivity index (χ1v) is 7.34. The van der Waals surface area contributed by atoms with E-state index in [2.05, 4.69) is 50.4 Å². The highest BCUT2D eigenvalue weighted by atomic mass is 16.1. The Balaban J connectivity index is 2.07. The van der Waals surface area contributed by atoms with E-state index >= 15 is 0 Å². The Morgan fingerprint density at radius 2 is 1.52 bits per heavy atom. The van der Waals surface area contributed by atoms with Crippen LogP contribution < -0.4 is 5.32 Å². The molecule has 0 bridgehead atoms. The van der Waals surface area contributed by atoms with Gasteiger partial charge in [0.2, 0.25) is 0 Å². The molecule has 0 saturated heterocycles. The SMILES string of the molecule is C[C@H](NC(=O)c1ccccc1)c1ccc(C(C)(C)C)cc1. The van der Waals surface area contributed by atoms with Gasteiger partial charge in [0.1, 0.15) is 0 Å². The van der Waals surface area contributed by atoms with Crippen LogP contribution in [0.3, 0.4) is 0 Å². The third-order valence-corrected chi connectivity index (χ3v) is 3.66. The lowest BCUT2D eigenvalue weighted by molar-refractivity contribution is 0.0940. The van der Waals surface area contributed by atoms with Gasteiger partial charge in [-0.25, -0.2) is 0 Å². The molecule has 21 heavy (non-hydrogen) atoms. The zero-order chi connectivity index (χ0) is 15.5. The van der Waals surface area contributed by atoms with Gasteiger partial charge in [-0.3, -0.25) is 4.79 Å².